The molecule has 0 bridgehead atoms. The molecule has 1 aromatic heterocycles. The first-order valence-electron chi connectivity index (χ1n) is 19.0. The minimum absolute atomic E-state index is 0.0382. The standard InChI is InChI=1S/C40H43F4N9O5S/c1-5-24-16-28(53-38(59)52(37(57)39(53,3)4)29-20-30(40(42,43)44)32(21-45)46-22-29)6-8-33(24)58-15-14-50-10-12-51(13-11-50)23(2)35(55)48-27-18-25(41)17-26(19-27)47-31-7-9-34(54)49-36(31)56/h6,8,16-20,22-23,31,47H,5,7,9-15H2,1-4H3,(H,48,55)(H,49,54,56)/t23-,31?/m0/s1. The smallest absolute Gasteiger partial charge is 0.419 e. The first kappa shape index (κ1) is 42.9. The van der Waals surface area contributed by atoms with Gasteiger partial charge in [0.25, 0.3) is 5.91 Å². The number of carbonyl (C=O) groups is 4. The number of aromatic nitrogens is 1. The summed E-state index contributed by atoms with van der Waals surface area (Å²) in [4.78, 5) is 61.0. The van der Waals surface area contributed by atoms with Crippen LogP contribution in [0, 0.1) is 17.1 Å². The van der Waals surface area contributed by atoms with Gasteiger partial charge in [-0.05, 0) is 93.9 Å². The molecule has 0 spiro atoms. The first-order valence-corrected chi connectivity index (χ1v) is 19.4. The van der Waals surface area contributed by atoms with Crippen LogP contribution in [0.25, 0.3) is 0 Å². The number of piperidine rings is 1. The van der Waals surface area contributed by atoms with Crippen molar-refractivity contribution < 1.29 is 41.5 Å². The number of aryl methyl sites for hydroxylation is 1. The quantitative estimate of drug-likeness (QED) is 0.130. The summed E-state index contributed by atoms with van der Waals surface area (Å²) in [5.74, 6) is -1.69. The number of imide groups is 1. The van der Waals surface area contributed by atoms with Crippen LogP contribution in [-0.2, 0) is 31.8 Å². The van der Waals surface area contributed by atoms with E-state index in [9.17, 15) is 36.7 Å². The van der Waals surface area contributed by atoms with Gasteiger partial charge in [-0.25, -0.2) is 9.37 Å². The molecule has 0 saturated carbocycles. The molecular weight excluding hydrogens is 795 g/mol. The van der Waals surface area contributed by atoms with Crippen molar-refractivity contribution in [2.75, 3.05) is 59.8 Å². The normalized spacial score (nSPS) is 19.3. The summed E-state index contributed by atoms with van der Waals surface area (Å²) in [6, 6.07) is 10.2. The highest BCUT2D eigenvalue weighted by atomic mass is 32.1. The van der Waals surface area contributed by atoms with Crippen molar-refractivity contribution in [1.29, 1.82) is 5.26 Å². The van der Waals surface area contributed by atoms with Crippen molar-refractivity contribution in [3.63, 3.8) is 0 Å². The Bertz CT molecular complexity index is 2210. The predicted octanol–water partition coefficient (Wildman–Crippen LogP) is 4.83. The number of piperazine rings is 1. The third-order valence-corrected chi connectivity index (χ3v) is 11.0. The molecule has 0 radical (unpaired) electrons. The topological polar surface area (TPSA) is 163 Å². The lowest BCUT2D eigenvalue weighted by molar-refractivity contribution is -0.138. The first-order chi connectivity index (χ1) is 27.9. The number of nitriles is 1. The van der Waals surface area contributed by atoms with Gasteiger partial charge in [0.1, 0.15) is 35.8 Å². The van der Waals surface area contributed by atoms with Crippen LogP contribution in [-0.4, -0.2) is 100 Å². The van der Waals surface area contributed by atoms with Crippen molar-refractivity contribution >= 4 is 63.7 Å². The number of nitrogens with one attached hydrogen (secondary N) is 3. The molecule has 1 unspecified atom stereocenters. The molecule has 2 aromatic carbocycles. The van der Waals surface area contributed by atoms with Crippen molar-refractivity contribution in [1.82, 2.24) is 20.1 Å². The number of carbonyl (C=O) groups excluding carboxylic acids is 4. The molecule has 3 aromatic rings. The molecule has 2 atom stereocenters. The molecule has 59 heavy (non-hydrogen) atoms. The lowest BCUT2D eigenvalue weighted by atomic mass is 10.0. The number of ether oxygens (including phenoxy) is 1. The molecule has 19 heteroatoms. The second kappa shape index (κ2) is 17.3. The fourth-order valence-electron chi connectivity index (χ4n) is 7.31. The summed E-state index contributed by atoms with van der Waals surface area (Å²) in [6.07, 6.45) is -2.83. The number of benzene rings is 2. The summed E-state index contributed by atoms with van der Waals surface area (Å²) >= 11 is 5.67. The number of rotatable bonds is 12. The van der Waals surface area contributed by atoms with Crippen molar-refractivity contribution in [2.45, 2.75) is 70.8 Å². The van der Waals surface area contributed by atoms with Gasteiger partial charge in [-0.1, -0.05) is 6.92 Å². The zero-order valence-electron chi connectivity index (χ0n) is 32.8. The second-order valence-electron chi connectivity index (χ2n) is 14.9. The third-order valence-electron chi connectivity index (χ3n) is 10.6. The van der Waals surface area contributed by atoms with E-state index in [0.29, 0.717) is 68.9 Å². The molecule has 4 heterocycles. The van der Waals surface area contributed by atoms with E-state index in [2.05, 4.69) is 25.8 Å². The Morgan fingerprint density at radius 1 is 1.08 bits per heavy atom. The number of halogens is 4. The van der Waals surface area contributed by atoms with Gasteiger partial charge in [0.05, 0.1) is 23.5 Å². The number of hydrogen-bond acceptors (Lipinski definition) is 11. The van der Waals surface area contributed by atoms with Gasteiger partial charge in [-0.15, -0.1) is 0 Å². The lowest BCUT2D eigenvalue weighted by Gasteiger charge is -2.37. The minimum atomic E-state index is -4.87. The number of alkyl halides is 3. The van der Waals surface area contributed by atoms with E-state index < -0.39 is 52.7 Å². The Hall–Kier alpha value is -5.71. The number of nitrogens with zero attached hydrogens (tertiary/aromatic N) is 6. The largest absolute Gasteiger partial charge is 0.492 e. The van der Waals surface area contributed by atoms with E-state index in [1.54, 1.807) is 43.9 Å². The molecule has 6 rings (SSSR count). The molecule has 14 nitrogen and oxygen atoms in total. The van der Waals surface area contributed by atoms with Crippen LogP contribution in [0.1, 0.15) is 57.4 Å². The summed E-state index contributed by atoms with van der Waals surface area (Å²) in [5, 5.41) is 17.1. The van der Waals surface area contributed by atoms with Crippen LogP contribution in [0.3, 0.4) is 0 Å². The van der Waals surface area contributed by atoms with E-state index in [4.69, 9.17) is 22.2 Å². The molecule has 3 aliphatic rings. The molecule has 312 valence electrons. The fourth-order valence-corrected chi connectivity index (χ4v) is 7.83. The van der Waals surface area contributed by atoms with Gasteiger partial charge in [-0.3, -0.25) is 39.2 Å². The molecule has 3 N–H and O–H groups in total. The predicted molar refractivity (Wildman–Crippen MR) is 214 cm³/mol. The van der Waals surface area contributed by atoms with Crippen molar-refractivity contribution in [3.8, 4) is 11.8 Å². The van der Waals surface area contributed by atoms with E-state index in [0.717, 1.165) is 16.7 Å². The Labute approximate surface area is 343 Å². The minimum Gasteiger partial charge on any atom is -0.492 e. The van der Waals surface area contributed by atoms with Gasteiger partial charge in [0, 0.05) is 56.2 Å². The second-order valence-corrected chi connectivity index (χ2v) is 15.3. The fraction of sp³-hybridized carbons (Fsp3) is 0.425. The van der Waals surface area contributed by atoms with E-state index in [1.165, 1.54) is 18.2 Å². The summed E-state index contributed by atoms with van der Waals surface area (Å²) in [7, 11) is 0. The van der Waals surface area contributed by atoms with Crippen LogP contribution in [0.15, 0.2) is 48.7 Å². The molecule has 3 saturated heterocycles. The number of amides is 4. The van der Waals surface area contributed by atoms with Crippen LogP contribution < -0.4 is 30.5 Å². The molecular formula is C40H43F4N9O5S. The number of thiocarbonyl (C=S) groups is 1. The Morgan fingerprint density at radius 2 is 1.80 bits per heavy atom. The molecule has 3 aliphatic heterocycles. The third kappa shape index (κ3) is 9.29. The Kier molecular flexibility index (Phi) is 12.5. The summed E-state index contributed by atoms with van der Waals surface area (Å²) in [6.45, 7) is 10.5. The number of hydrogen-bond donors (Lipinski definition) is 3. The van der Waals surface area contributed by atoms with Crippen molar-refractivity contribution in [3.05, 3.63) is 71.3 Å². The number of anilines is 4. The van der Waals surface area contributed by atoms with Crippen LogP contribution in [0.4, 0.5) is 40.3 Å². The van der Waals surface area contributed by atoms with Crippen LogP contribution in [0.2, 0.25) is 0 Å². The molecule has 4 amide bonds. The van der Waals surface area contributed by atoms with E-state index >= 15 is 0 Å². The maximum Gasteiger partial charge on any atom is 0.419 e. The molecule has 0 aliphatic carbocycles. The maximum atomic E-state index is 14.5. The molecule has 3 fully saturated rings. The average molecular weight is 838 g/mol. The van der Waals surface area contributed by atoms with Crippen LogP contribution in [0.5, 0.6) is 5.75 Å². The summed E-state index contributed by atoms with van der Waals surface area (Å²) in [5.41, 5.74) is -1.62. The Morgan fingerprint density at radius 3 is 2.46 bits per heavy atom. The SMILES string of the molecule is CCc1cc(N2C(=S)N(c3cnc(C#N)c(C(F)(F)F)c3)C(=O)C2(C)C)ccc1OCCN1CCN([C@@H](C)C(=O)Nc2cc(F)cc(NC3CCC(=O)NC3=O)c2)CC1. The van der Waals surface area contributed by atoms with E-state index in [1.807, 2.05) is 17.9 Å². The highest BCUT2D eigenvalue weighted by Crippen LogP contribution is 2.40. The summed E-state index contributed by atoms with van der Waals surface area (Å²) < 4.78 is 61.9. The van der Waals surface area contributed by atoms with Crippen LogP contribution >= 0.6 is 12.2 Å². The van der Waals surface area contributed by atoms with Gasteiger partial charge in [0.15, 0.2) is 10.8 Å². The monoisotopic (exact) mass is 837 g/mol. The van der Waals surface area contributed by atoms with Gasteiger partial charge in [-0.2, -0.15) is 18.4 Å². The van der Waals surface area contributed by atoms with Gasteiger partial charge in [0.2, 0.25) is 17.7 Å². The zero-order chi connectivity index (χ0) is 42.8. The zero-order valence-corrected chi connectivity index (χ0v) is 33.6. The highest BCUT2D eigenvalue weighted by Gasteiger charge is 2.51. The number of pyridine rings is 1. The lowest BCUT2D eigenvalue weighted by Crippen LogP contribution is -2.53. The average Bonchev–Trinajstić information content (AvgIpc) is 3.36. The van der Waals surface area contributed by atoms with Crippen molar-refractivity contribution in [2.24, 2.45) is 0 Å². The Balaban J connectivity index is 1.02. The maximum absolute atomic E-state index is 14.5. The highest BCUT2D eigenvalue weighted by molar-refractivity contribution is 7.81. The van der Waals surface area contributed by atoms with Gasteiger partial charge < -0.3 is 20.3 Å². The van der Waals surface area contributed by atoms with E-state index in [-0.39, 0.29) is 41.1 Å². The van der Waals surface area contributed by atoms with Gasteiger partial charge >= 0.3 is 6.18 Å².